The average Bonchev–Trinajstić information content (AvgIpc) is 2.55. The second-order valence-corrected chi connectivity index (χ2v) is 8.79. The number of nitrogens with zero attached hydrogens (tertiary/aromatic N) is 1. The predicted octanol–water partition coefficient (Wildman–Crippen LogP) is 4.20. The summed E-state index contributed by atoms with van der Waals surface area (Å²) in [6.45, 7) is 6.59. The molecule has 0 aromatic carbocycles. The van der Waals surface area contributed by atoms with Gasteiger partial charge in [0.05, 0.1) is 11.8 Å². The zero-order valence-electron chi connectivity index (χ0n) is 16.3. The first-order valence-corrected chi connectivity index (χ1v) is 10.4. The van der Waals surface area contributed by atoms with Crippen molar-refractivity contribution in [1.29, 1.82) is 0 Å². The SMILES string of the molecule is CC(C)[C@@H]1CC[C@@H](C)C[C@H]1OC(=O)C1CCC1C(=O)On1ccccc1=S. The molecule has 6 heteroatoms. The first-order chi connectivity index (χ1) is 12.9. The average molecular weight is 392 g/mol. The number of aromatic nitrogens is 1. The quantitative estimate of drug-likeness (QED) is 0.556. The van der Waals surface area contributed by atoms with Crippen LogP contribution in [0.1, 0.15) is 52.9 Å². The topological polar surface area (TPSA) is 57.5 Å². The number of ether oxygens (including phenoxy) is 1. The summed E-state index contributed by atoms with van der Waals surface area (Å²) in [6, 6.07) is 5.21. The van der Waals surface area contributed by atoms with Crippen LogP contribution in [0.25, 0.3) is 0 Å². The lowest BCUT2D eigenvalue weighted by Gasteiger charge is -2.39. The van der Waals surface area contributed by atoms with E-state index in [0.29, 0.717) is 35.2 Å². The number of rotatable bonds is 5. The van der Waals surface area contributed by atoms with E-state index in [1.165, 1.54) is 11.2 Å². The molecule has 2 saturated carbocycles. The van der Waals surface area contributed by atoms with E-state index in [0.717, 1.165) is 12.8 Å². The monoisotopic (exact) mass is 391 g/mol. The Labute approximate surface area is 166 Å². The fourth-order valence-electron chi connectivity index (χ4n) is 4.20. The van der Waals surface area contributed by atoms with Gasteiger partial charge in [-0.3, -0.25) is 4.79 Å². The lowest BCUT2D eigenvalue weighted by atomic mass is 9.73. The molecule has 1 heterocycles. The Hall–Kier alpha value is -1.69. The van der Waals surface area contributed by atoms with Gasteiger partial charge in [0.2, 0.25) is 0 Å². The molecule has 148 valence electrons. The summed E-state index contributed by atoms with van der Waals surface area (Å²) in [5.41, 5.74) is 0. The van der Waals surface area contributed by atoms with Crippen LogP contribution in [0.4, 0.5) is 0 Å². The summed E-state index contributed by atoms with van der Waals surface area (Å²) < 4.78 is 7.61. The van der Waals surface area contributed by atoms with Crippen molar-refractivity contribution in [2.45, 2.75) is 59.0 Å². The van der Waals surface area contributed by atoms with Gasteiger partial charge in [-0.25, -0.2) is 4.79 Å². The molecule has 0 radical (unpaired) electrons. The van der Waals surface area contributed by atoms with Gasteiger partial charge in [-0.15, -0.1) is 0 Å². The molecule has 5 atom stereocenters. The van der Waals surface area contributed by atoms with Crippen molar-refractivity contribution in [1.82, 2.24) is 4.73 Å². The van der Waals surface area contributed by atoms with Crippen molar-refractivity contribution in [2.75, 3.05) is 0 Å². The van der Waals surface area contributed by atoms with Crippen LogP contribution < -0.4 is 4.84 Å². The van der Waals surface area contributed by atoms with Crippen LogP contribution in [0.15, 0.2) is 24.4 Å². The van der Waals surface area contributed by atoms with Gasteiger partial charge in [-0.05, 0) is 55.6 Å². The lowest BCUT2D eigenvalue weighted by molar-refractivity contribution is -0.175. The molecule has 0 bridgehead atoms. The van der Waals surface area contributed by atoms with E-state index in [4.69, 9.17) is 21.8 Å². The Bertz CT molecular complexity index is 744. The van der Waals surface area contributed by atoms with Gasteiger partial charge in [0.1, 0.15) is 10.7 Å². The van der Waals surface area contributed by atoms with Crippen molar-refractivity contribution in [2.24, 2.45) is 29.6 Å². The standard InChI is InChI=1S/C21H29NO4S/c1-13(2)15-8-7-14(3)12-18(15)25-20(23)16-9-10-17(16)21(24)26-22-11-5-4-6-19(22)27/h4-6,11,13-18H,7-10,12H2,1-3H3/t14-,15+,16?,17?,18-/m1/s1. The Kier molecular flexibility index (Phi) is 6.35. The first kappa shape index (κ1) is 20.1. The van der Waals surface area contributed by atoms with Gasteiger partial charge in [0, 0.05) is 6.20 Å². The van der Waals surface area contributed by atoms with E-state index in [1.54, 1.807) is 24.4 Å². The van der Waals surface area contributed by atoms with E-state index < -0.39 is 17.8 Å². The van der Waals surface area contributed by atoms with Crippen molar-refractivity contribution >= 4 is 24.2 Å². The molecule has 27 heavy (non-hydrogen) atoms. The zero-order valence-corrected chi connectivity index (χ0v) is 17.1. The van der Waals surface area contributed by atoms with Crippen molar-refractivity contribution in [3.63, 3.8) is 0 Å². The molecular formula is C21H29NO4S. The summed E-state index contributed by atoms with van der Waals surface area (Å²) in [4.78, 5) is 30.6. The smallest absolute Gasteiger partial charge is 0.336 e. The maximum atomic E-state index is 12.7. The van der Waals surface area contributed by atoms with Crippen molar-refractivity contribution in [3.8, 4) is 0 Å². The highest BCUT2D eigenvalue weighted by Crippen LogP contribution is 2.39. The number of hydrogen-bond donors (Lipinski definition) is 0. The molecule has 0 saturated heterocycles. The number of carbonyl (C=O) groups excluding carboxylic acids is 2. The van der Waals surface area contributed by atoms with E-state index in [2.05, 4.69) is 20.8 Å². The van der Waals surface area contributed by atoms with Gasteiger partial charge in [0.15, 0.2) is 0 Å². The highest BCUT2D eigenvalue weighted by atomic mass is 32.1. The Balaban J connectivity index is 1.60. The van der Waals surface area contributed by atoms with E-state index in [-0.39, 0.29) is 12.1 Å². The van der Waals surface area contributed by atoms with Crippen molar-refractivity contribution in [3.05, 3.63) is 29.0 Å². The molecule has 0 aliphatic heterocycles. The molecule has 0 amide bonds. The fraction of sp³-hybridized carbons (Fsp3) is 0.667. The highest BCUT2D eigenvalue weighted by molar-refractivity contribution is 7.71. The van der Waals surface area contributed by atoms with Crippen molar-refractivity contribution < 1.29 is 19.2 Å². The highest BCUT2D eigenvalue weighted by Gasteiger charge is 2.45. The van der Waals surface area contributed by atoms with Crippen LogP contribution in [0.5, 0.6) is 0 Å². The summed E-state index contributed by atoms with van der Waals surface area (Å²) >= 11 is 5.14. The molecule has 1 aromatic heterocycles. The summed E-state index contributed by atoms with van der Waals surface area (Å²) in [7, 11) is 0. The second kappa shape index (κ2) is 8.55. The molecule has 5 nitrogen and oxygen atoms in total. The minimum atomic E-state index is -0.446. The van der Waals surface area contributed by atoms with E-state index in [1.807, 2.05) is 0 Å². The second-order valence-electron chi connectivity index (χ2n) is 8.37. The van der Waals surface area contributed by atoms with Crippen LogP contribution in [-0.2, 0) is 14.3 Å². The molecule has 0 N–H and O–H groups in total. The number of carbonyl (C=O) groups is 2. The number of pyridine rings is 1. The van der Waals surface area contributed by atoms with Gasteiger partial charge >= 0.3 is 11.9 Å². The fourth-order valence-corrected chi connectivity index (χ4v) is 4.38. The normalized spacial score (nSPS) is 30.4. The lowest BCUT2D eigenvalue weighted by Crippen LogP contribution is -2.45. The first-order valence-electron chi connectivity index (χ1n) is 9.97. The summed E-state index contributed by atoms with van der Waals surface area (Å²) in [6.07, 6.45) is 6.08. The Morgan fingerprint density at radius 2 is 1.81 bits per heavy atom. The third kappa shape index (κ3) is 4.60. The minimum absolute atomic E-state index is 0.0405. The van der Waals surface area contributed by atoms with E-state index in [9.17, 15) is 9.59 Å². The molecule has 2 fully saturated rings. The minimum Gasteiger partial charge on any atom is -0.462 e. The molecular weight excluding hydrogens is 362 g/mol. The largest absolute Gasteiger partial charge is 0.462 e. The zero-order chi connectivity index (χ0) is 19.6. The molecule has 1 aromatic rings. The number of hydrogen-bond acceptors (Lipinski definition) is 5. The van der Waals surface area contributed by atoms with Gasteiger partial charge < -0.3 is 9.57 Å². The predicted molar refractivity (Wildman–Crippen MR) is 104 cm³/mol. The molecule has 2 aliphatic carbocycles. The molecule has 0 spiro atoms. The Morgan fingerprint density at radius 1 is 1.11 bits per heavy atom. The Morgan fingerprint density at radius 3 is 2.44 bits per heavy atom. The number of esters is 1. The molecule has 3 rings (SSSR count). The van der Waals surface area contributed by atoms with Gasteiger partial charge in [0.25, 0.3) is 0 Å². The summed E-state index contributed by atoms with van der Waals surface area (Å²) in [5, 5.41) is 0. The third-order valence-corrected chi connectivity index (χ3v) is 6.40. The third-order valence-electron chi connectivity index (χ3n) is 6.09. The maximum absolute atomic E-state index is 12.7. The molecule has 2 aliphatic rings. The van der Waals surface area contributed by atoms with Gasteiger partial charge in [-0.1, -0.05) is 45.5 Å². The van der Waals surface area contributed by atoms with E-state index >= 15 is 0 Å². The maximum Gasteiger partial charge on any atom is 0.336 e. The van der Waals surface area contributed by atoms with Crippen LogP contribution >= 0.6 is 12.2 Å². The summed E-state index contributed by atoms with van der Waals surface area (Å²) in [5.74, 6) is -0.0540. The van der Waals surface area contributed by atoms with Gasteiger partial charge in [-0.2, -0.15) is 4.73 Å². The van der Waals surface area contributed by atoms with Crippen LogP contribution in [0, 0.1) is 34.2 Å². The van der Waals surface area contributed by atoms with Crippen LogP contribution in [-0.4, -0.2) is 22.8 Å². The van der Waals surface area contributed by atoms with Crippen LogP contribution in [0.3, 0.4) is 0 Å². The van der Waals surface area contributed by atoms with Crippen LogP contribution in [0.2, 0.25) is 0 Å². The molecule has 2 unspecified atom stereocenters.